The van der Waals surface area contributed by atoms with Gasteiger partial charge in [-0.05, 0) is 33.6 Å². The van der Waals surface area contributed by atoms with Gasteiger partial charge in [0.2, 0.25) is 0 Å². The monoisotopic (exact) mass is 249 g/mol. The van der Waals surface area contributed by atoms with E-state index < -0.39 is 0 Å². The van der Waals surface area contributed by atoms with Crippen LogP contribution in [0.1, 0.15) is 64.5 Å². The maximum atomic E-state index is 4.70. The second-order valence-corrected chi connectivity index (χ2v) is 5.86. The molecule has 0 aliphatic carbocycles. The molecule has 0 aliphatic rings. The Bertz CT molecular complexity index is 366. The highest BCUT2D eigenvalue weighted by molar-refractivity contribution is 5.18. The molecule has 0 spiro atoms. The van der Waals surface area contributed by atoms with Crippen molar-refractivity contribution in [2.75, 3.05) is 0 Å². The molecule has 0 saturated heterocycles. The summed E-state index contributed by atoms with van der Waals surface area (Å²) in [6.45, 7) is 11.8. The van der Waals surface area contributed by atoms with E-state index in [1.165, 1.54) is 11.3 Å². The van der Waals surface area contributed by atoms with Crippen LogP contribution in [0.4, 0.5) is 0 Å². The van der Waals surface area contributed by atoms with Crippen LogP contribution in [0.3, 0.4) is 0 Å². The fourth-order valence-corrected chi connectivity index (χ4v) is 1.79. The molecule has 102 valence electrons. The van der Waals surface area contributed by atoms with Crippen LogP contribution >= 0.6 is 0 Å². The number of aromatic nitrogens is 2. The van der Waals surface area contributed by atoms with Gasteiger partial charge in [-0.3, -0.25) is 0 Å². The average Bonchev–Trinajstić information content (AvgIpc) is 2.28. The fraction of sp³-hybridized carbons (Fsp3) is 0.733. The zero-order chi connectivity index (χ0) is 13.6. The van der Waals surface area contributed by atoms with Crippen LogP contribution in [0, 0.1) is 0 Å². The quantitative estimate of drug-likeness (QED) is 0.841. The number of hydrogen-bond acceptors (Lipinski definition) is 3. The van der Waals surface area contributed by atoms with Crippen LogP contribution in [-0.2, 0) is 19.4 Å². The van der Waals surface area contributed by atoms with Crippen molar-refractivity contribution in [3.05, 3.63) is 23.3 Å². The van der Waals surface area contributed by atoms with Crippen LogP contribution in [0.2, 0.25) is 0 Å². The molecule has 0 aromatic carbocycles. The van der Waals surface area contributed by atoms with Gasteiger partial charge in [-0.15, -0.1) is 0 Å². The van der Waals surface area contributed by atoms with Crippen LogP contribution in [0.25, 0.3) is 0 Å². The van der Waals surface area contributed by atoms with Crippen molar-refractivity contribution in [3.8, 4) is 0 Å². The second kappa shape index (κ2) is 6.83. The van der Waals surface area contributed by atoms with E-state index in [4.69, 9.17) is 4.98 Å². The highest BCUT2D eigenvalue weighted by Gasteiger charge is 2.11. The van der Waals surface area contributed by atoms with E-state index in [2.05, 4.69) is 44.9 Å². The van der Waals surface area contributed by atoms with Gasteiger partial charge >= 0.3 is 0 Å². The minimum atomic E-state index is 0.131. The van der Waals surface area contributed by atoms with Gasteiger partial charge in [-0.1, -0.05) is 20.3 Å². The number of hydrogen-bond donors (Lipinski definition) is 1. The Labute approximate surface area is 111 Å². The zero-order valence-corrected chi connectivity index (χ0v) is 12.5. The minimum Gasteiger partial charge on any atom is -0.308 e. The Kier molecular flexibility index (Phi) is 5.73. The van der Waals surface area contributed by atoms with Crippen LogP contribution in [-0.4, -0.2) is 15.5 Å². The van der Waals surface area contributed by atoms with Crippen LogP contribution in [0.15, 0.2) is 6.20 Å². The maximum absolute atomic E-state index is 4.70. The molecular weight excluding hydrogens is 222 g/mol. The summed E-state index contributed by atoms with van der Waals surface area (Å²) >= 11 is 0. The summed E-state index contributed by atoms with van der Waals surface area (Å²) in [5.41, 5.74) is 2.59. The fourth-order valence-electron chi connectivity index (χ4n) is 1.79. The van der Waals surface area contributed by atoms with E-state index in [-0.39, 0.29) is 5.54 Å². The molecule has 1 aromatic heterocycles. The first-order chi connectivity index (χ1) is 8.46. The highest BCUT2D eigenvalue weighted by Crippen LogP contribution is 2.11. The van der Waals surface area contributed by atoms with E-state index >= 15 is 0 Å². The summed E-state index contributed by atoms with van der Waals surface area (Å²) < 4.78 is 0. The summed E-state index contributed by atoms with van der Waals surface area (Å²) in [7, 11) is 0. The molecule has 0 saturated carbocycles. The van der Waals surface area contributed by atoms with Gasteiger partial charge in [-0.2, -0.15) is 0 Å². The average molecular weight is 249 g/mol. The first-order valence-corrected chi connectivity index (χ1v) is 7.05. The van der Waals surface area contributed by atoms with E-state index in [9.17, 15) is 0 Å². The second-order valence-electron chi connectivity index (χ2n) is 5.86. The third-order valence-electron chi connectivity index (χ3n) is 2.77. The lowest BCUT2D eigenvalue weighted by Gasteiger charge is -2.21. The van der Waals surface area contributed by atoms with Crippen molar-refractivity contribution >= 4 is 0 Å². The molecule has 0 fully saturated rings. The molecule has 1 aromatic rings. The molecule has 1 N–H and O–H groups in total. The molecule has 18 heavy (non-hydrogen) atoms. The molecule has 0 atom stereocenters. The summed E-state index contributed by atoms with van der Waals surface area (Å²) in [5.74, 6) is 0.987. The Morgan fingerprint density at radius 1 is 1.11 bits per heavy atom. The highest BCUT2D eigenvalue weighted by atomic mass is 15.0. The van der Waals surface area contributed by atoms with E-state index in [0.717, 1.165) is 38.1 Å². The maximum Gasteiger partial charge on any atom is 0.128 e. The van der Waals surface area contributed by atoms with Gasteiger partial charge in [0.25, 0.3) is 0 Å². The van der Waals surface area contributed by atoms with Crippen molar-refractivity contribution in [3.63, 3.8) is 0 Å². The Balaban J connectivity index is 2.82. The molecule has 0 unspecified atom stereocenters. The third kappa shape index (κ3) is 5.13. The van der Waals surface area contributed by atoms with E-state index in [0.29, 0.717) is 0 Å². The van der Waals surface area contributed by atoms with Crippen LogP contribution in [0.5, 0.6) is 0 Å². The molecular formula is C15H27N3. The van der Waals surface area contributed by atoms with Gasteiger partial charge in [-0.25, -0.2) is 9.97 Å². The lowest BCUT2D eigenvalue weighted by molar-refractivity contribution is 0.422. The summed E-state index contributed by atoms with van der Waals surface area (Å²) in [6.07, 6.45) is 6.25. The third-order valence-corrected chi connectivity index (χ3v) is 2.77. The number of nitrogens with zero attached hydrogens (tertiary/aromatic N) is 2. The Morgan fingerprint density at radius 2 is 1.78 bits per heavy atom. The number of aryl methyl sites for hydroxylation is 2. The van der Waals surface area contributed by atoms with Crippen molar-refractivity contribution in [1.29, 1.82) is 0 Å². The predicted octanol–water partition coefficient (Wildman–Crippen LogP) is 3.27. The van der Waals surface area contributed by atoms with Crippen molar-refractivity contribution in [2.24, 2.45) is 0 Å². The summed E-state index contributed by atoms with van der Waals surface area (Å²) in [5, 5.41) is 3.51. The summed E-state index contributed by atoms with van der Waals surface area (Å²) in [4.78, 5) is 9.16. The standard InChI is InChI=1S/C15H27N3/c1-6-8-13-12(11-17-15(3,4)5)10-16-14(18-13)9-7-2/h10,17H,6-9,11H2,1-5H3. The molecule has 0 aliphatic heterocycles. The van der Waals surface area contributed by atoms with Crippen molar-refractivity contribution in [2.45, 2.75) is 72.4 Å². The molecule has 0 bridgehead atoms. The largest absolute Gasteiger partial charge is 0.308 e. The van der Waals surface area contributed by atoms with Crippen molar-refractivity contribution < 1.29 is 0 Å². The van der Waals surface area contributed by atoms with Crippen molar-refractivity contribution in [1.82, 2.24) is 15.3 Å². The minimum absolute atomic E-state index is 0.131. The lowest BCUT2D eigenvalue weighted by atomic mass is 10.1. The van der Waals surface area contributed by atoms with E-state index in [1.807, 2.05) is 6.20 Å². The SMILES string of the molecule is CCCc1ncc(CNC(C)(C)C)c(CCC)n1. The molecule has 3 heteroatoms. The number of rotatable bonds is 6. The molecule has 3 nitrogen and oxygen atoms in total. The number of nitrogens with one attached hydrogen (secondary N) is 1. The van der Waals surface area contributed by atoms with Gasteiger partial charge in [0, 0.05) is 36.0 Å². The first kappa shape index (κ1) is 15.1. The molecule has 0 amide bonds. The van der Waals surface area contributed by atoms with Gasteiger partial charge in [0.15, 0.2) is 0 Å². The smallest absolute Gasteiger partial charge is 0.128 e. The van der Waals surface area contributed by atoms with Gasteiger partial charge < -0.3 is 5.32 Å². The topological polar surface area (TPSA) is 37.8 Å². The first-order valence-electron chi connectivity index (χ1n) is 7.05. The Hall–Kier alpha value is -0.960. The predicted molar refractivity (Wildman–Crippen MR) is 76.6 cm³/mol. The van der Waals surface area contributed by atoms with Gasteiger partial charge in [0.05, 0.1) is 0 Å². The molecule has 1 heterocycles. The van der Waals surface area contributed by atoms with Gasteiger partial charge in [0.1, 0.15) is 5.82 Å². The van der Waals surface area contributed by atoms with Crippen LogP contribution < -0.4 is 5.32 Å². The normalized spacial score (nSPS) is 11.8. The lowest BCUT2D eigenvalue weighted by Crippen LogP contribution is -2.35. The molecule has 1 rings (SSSR count). The Morgan fingerprint density at radius 3 is 2.33 bits per heavy atom. The summed E-state index contributed by atoms with van der Waals surface area (Å²) in [6, 6.07) is 0. The zero-order valence-electron chi connectivity index (χ0n) is 12.5. The molecule has 0 radical (unpaired) electrons. The van der Waals surface area contributed by atoms with E-state index in [1.54, 1.807) is 0 Å².